The zero-order valence-electron chi connectivity index (χ0n) is 24.9. The number of carbonyl (C=O) groups excluding carboxylic acids is 1. The van der Waals surface area contributed by atoms with E-state index in [4.69, 9.17) is 9.84 Å². The van der Waals surface area contributed by atoms with E-state index in [1.54, 1.807) is 0 Å². The average molecular weight is 511 g/mol. The monoisotopic (exact) mass is 510 g/mol. The molecule has 0 bridgehead atoms. The fourth-order valence-electron chi connectivity index (χ4n) is 5.14. The van der Waals surface area contributed by atoms with E-state index in [1.807, 2.05) is 13.8 Å². The van der Waals surface area contributed by atoms with Crippen molar-refractivity contribution in [1.82, 2.24) is 0 Å². The molecule has 0 spiro atoms. The van der Waals surface area contributed by atoms with Crippen molar-refractivity contribution < 1.29 is 19.4 Å². The van der Waals surface area contributed by atoms with Gasteiger partial charge < -0.3 is 9.84 Å². The molecule has 0 rings (SSSR count). The van der Waals surface area contributed by atoms with Gasteiger partial charge in [-0.05, 0) is 51.4 Å². The van der Waals surface area contributed by atoms with Crippen molar-refractivity contribution in [3.05, 3.63) is 0 Å². The molecule has 0 fully saturated rings. The van der Waals surface area contributed by atoms with E-state index in [9.17, 15) is 9.59 Å². The van der Waals surface area contributed by atoms with Crippen molar-refractivity contribution in [1.29, 1.82) is 0 Å². The Labute approximate surface area is 224 Å². The number of aliphatic carboxylic acids is 1. The van der Waals surface area contributed by atoms with Crippen molar-refractivity contribution in [2.75, 3.05) is 6.61 Å². The number of hydrogen-bond donors (Lipinski definition) is 1. The third-order valence-corrected chi connectivity index (χ3v) is 7.81. The third kappa shape index (κ3) is 21.1. The number of rotatable bonds is 26. The Kier molecular flexibility index (Phi) is 22.4. The Bertz CT molecular complexity index is 518. The Morgan fingerprint density at radius 3 is 1.75 bits per heavy atom. The van der Waals surface area contributed by atoms with Crippen LogP contribution in [-0.4, -0.2) is 23.7 Å². The first-order valence-corrected chi connectivity index (χ1v) is 15.6. The number of unbranched alkanes of at least 4 members (excludes halogenated alkanes) is 9. The van der Waals surface area contributed by atoms with E-state index in [0.29, 0.717) is 13.0 Å². The lowest BCUT2D eigenvalue weighted by Gasteiger charge is -2.23. The van der Waals surface area contributed by atoms with Crippen molar-refractivity contribution in [3.8, 4) is 0 Å². The molecule has 0 radical (unpaired) electrons. The van der Waals surface area contributed by atoms with Crippen LogP contribution in [0.15, 0.2) is 0 Å². The van der Waals surface area contributed by atoms with Crippen LogP contribution in [0.3, 0.4) is 0 Å². The first-order chi connectivity index (χ1) is 17.2. The van der Waals surface area contributed by atoms with Gasteiger partial charge in [0.1, 0.15) is 0 Å². The number of hydrogen-bond acceptors (Lipinski definition) is 3. The van der Waals surface area contributed by atoms with Crippen LogP contribution in [0.2, 0.25) is 0 Å². The molecule has 1 unspecified atom stereocenters. The predicted molar refractivity (Wildman–Crippen MR) is 153 cm³/mol. The van der Waals surface area contributed by atoms with Crippen molar-refractivity contribution in [2.24, 2.45) is 17.3 Å². The zero-order valence-corrected chi connectivity index (χ0v) is 24.9. The minimum atomic E-state index is -0.681. The van der Waals surface area contributed by atoms with Gasteiger partial charge in [0.05, 0.1) is 12.0 Å². The third-order valence-electron chi connectivity index (χ3n) is 7.81. The van der Waals surface area contributed by atoms with Gasteiger partial charge in [-0.25, -0.2) is 0 Å². The standard InChI is InChI=1S/C32H62O4/c1-6-8-13-22-29(23-14-9-7-2)24-19-27-36-31(35)32(4,5)26-18-12-16-21-28(3)20-15-10-11-17-25-30(33)34/h28-29H,6-27H2,1-5H3,(H,33,34). The van der Waals surface area contributed by atoms with Gasteiger partial charge in [-0.1, -0.05) is 124 Å². The maximum absolute atomic E-state index is 12.7. The molecule has 214 valence electrons. The number of ether oxygens (including phenoxy) is 1. The Balaban J connectivity index is 3.94. The summed E-state index contributed by atoms with van der Waals surface area (Å²) < 4.78 is 5.72. The summed E-state index contributed by atoms with van der Waals surface area (Å²) in [5, 5.41) is 8.68. The Morgan fingerprint density at radius 2 is 1.19 bits per heavy atom. The van der Waals surface area contributed by atoms with Gasteiger partial charge >= 0.3 is 11.9 Å². The molecule has 36 heavy (non-hydrogen) atoms. The highest BCUT2D eigenvalue weighted by molar-refractivity contribution is 5.75. The largest absolute Gasteiger partial charge is 0.481 e. The summed E-state index contributed by atoms with van der Waals surface area (Å²) in [5.74, 6) is 0.830. The second kappa shape index (κ2) is 23.1. The summed E-state index contributed by atoms with van der Waals surface area (Å²) >= 11 is 0. The van der Waals surface area contributed by atoms with Gasteiger partial charge in [0.25, 0.3) is 0 Å². The molecule has 0 saturated heterocycles. The summed E-state index contributed by atoms with van der Waals surface area (Å²) in [4.78, 5) is 23.2. The van der Waals surface area contributed by atoms with Gasteiger partial charge in [0.2, 0.25) is 0 Å². The number of carboxylic acid groups (broad SMARTS) is 1. The van der Waals surface area contributed by atoms with Crippen LogP contribution >= 0.6 is 0 Å². The van der Waals surface area contributed by atoms with Gasteiger partial charge in [0.15, 0.2) is 0 Å². The van der Waals surface area contributed by atoms with E-state index < -0.39 is 5.97 Å². The molecule has 0 heterocycles. The summed E-state index contributed by atoms with van der Waals surface area (Å²) in [6.45, 7) is 11.5. The summed E-state index contributed by atoms with van der Waals surface area (Å²) in [6, 6.07) is 0. The first-order valence-electron chi connectivity index (χ1n) is 15.6. The molecule has 0 aliphatic heterocycles. The van der Waals surface area contributed by atoms with Gasteiger partial charge in [-0.2, -0.15) is 0 Å². The maximum Gasteiger partial charge on any atom is 0.311 e. The van der Waals surface area contributed by atoms with Gasteiger partial charge in [0, 0.05) is 6.42 Å². The summed E-state index contributed by atoms with van der Waals surface area (Å²) in [5.41, 5.74) is -0.386. The fourth-order valence-corrected chi connectivity index (χ4v) is 5.14. The van der Waals surface area contributed by atoms with Crippen LogP contribution in [0, 0.1) is 17.3 Å². The van der Waals surface area contributed by atoms with E-state index in [-0.39, 0.29) is 11.4 Å². The average Bonchev–Trinajstić information content (AvgIpc) is 2.83. The van der Waals surface area contributed by atoms with Crippen LogP contribution in [0.25, 0.3) is 0 Å². The van der Waals surface area contributed by atoms with Crippen LogP contribution in [0.4, 0.5) is 0 Å². The molecule has 0 saturated carbocycles. The molecule has 1 atom stereocenters. The topological polar surface area (TPSA) is 63.6 Å². The molecule has 1 N–H and O–H groups in total. The Hall–Kier alpha value is -1.06. The second-order valence-corrected chi connectivity index (χ2v) is 12.1. The normalized spacial score (nSPS) is 12.7. The molecular weight excluding hydrogens is 448 g/mol. The molecule has 4 heteroatoms. The quantitative estimate of drug-likeness (QED) is 0.0928. The number of carboxylic acids is 1. The first kappa shape index (κ1) is 34.9. The second-order valence-electron chi connectivity index (χ2n) is 12.1. The highest BCUT2D eigenvalue weighted by atomic mass is 16.5. The SMILES string of the molecule is CCCCCC(CCCCC)CCCOC(=O)C(C)(C)CCCCCC(C)CCCCCCC(=O)O. The smallest absolute Gasteiger partial charge is 0.311 e. The molecule has 4 nitrogen and oxygen atoms in total. The zero-order chi connectivity index (χ0) is 27.1. The molecule has 0 amide bonds. The molecule has 0 aliphatic rings. The Morgan fingerprint density at radius 1 is 0.694 bits per heavy atom. The molecule has 0 aliphatic carbocycles. The minimum absolute atomic E-state index is 0.0210. The minimum Gasteiger partial charge on any atom is -0.481 e. The highest BCUT2D eigenvalue weighted by Crippen LogP contribution is 2.27. The lowest BCUT2D eigenvalue weighted by Crippen LogP contribution is -2.27. The van der Waals surface area contributed by atoms with Crippen LogP contribution in [-0.2, 0) is 14.3 Å². The van der Waals surface area contributed by atoms with Crippen LogP contribution in [0.5, 0.6) is 0 Å². The van der Waals surface area contributed by atoms with Crippen LogP contribution < -0.4 is 0 Å². The fraction of sp³-hybridized carbons (Fsp3) is 0.938. The van der Waals surface area contributed by atoms with Crippen molar-refractivity contribution in [2.45, 2.75) is 169 Å². The predicted octanol–water partition coefficient (Wildman–Crippen LogP) is 10.1. The van der Waals surface area contributed by atoms with E-state index in [1.165, 1.54) is 89.9 Å². The summed E-state index contributed by atoms with van der Waals surface area (Å²) in [6.07, 6.45) is 24.2. The lowest BCUT2D eigenvalue weighted by atomic mass is 9.86. The van der Waals surface area contributed by atoms with E-state index in [0.717, 1.165) is 50.4 Å². The van der Waals surface area contributed by atoms with Gasteiger partial charge in [-0.15, -0.1) is 0 Å². The maximum atomic E-state index is 12.7. The molecule has 0 aromatic rings. The van der Waals surface area contributed by atoms with Gasteiger partial charge in [-0.3, -0.25) is 9.59 Å². The molecule has 0 aromatic carbocycles. The molecular formula is C32H62O4. The van der Waals surface area contributed by atoms with Crippen molar-refractivity contribution in [3.63, 3.8) is 0 Å². The summed E-state index contributed by atoms with van der Waals surface area (Å²) in [7, 11) is 0. The lowest BCUT2D eigenvalue weighted by molar-refractivity contribution is -0.154. The van der Waals surface area contributed by atoms with Crippen LogP contribution in [0.1, 0.15) is 169 Å². The number of carbonyl (C=O) groups is 2. The highest BCUT2D eigenvalue weighted by Gasteiger charge is 2.28. The van der Waals surface area contributed by atoms with E-state index >= 15 is 0 Å². The number of esters is 1. The molecule has 0 aromatic heterocycles. The van der Waals surface area contributed by atoms with Crippen molar-refractivity contribution >= 4 is 11.9 Å². The van der Waals surface area contributed by atoms with E-state index in [2.05, 4.69) is 20.8 Å².